The summed E-state index contributed by atoms with van der Waals surface area (Å²) in [7, 11) is 1.41. The fraction of sp³-hybridized carbons (Fsp3) is 0.364. The van der Waals surface area contributed by atoms with Crippen LogP contribution in [0.4, 0.5) is 5.69 Å². The molecule has 1 aromatic rings. The third-order valence-corrected chi connectivity index (χ3v) is 2.50. The molecule has 3 nitrogen and oxygen atoms in total. The first-order chi connectivity index (χ1) is 6.70. The molecule has 0 amide bonds. The van der Waals surface area contributed by atoms with Gasteiger partial charge in [0.1, 0.15) is 6.04 Å². The molecule has 0 saturated heterocycles. The van der Waals surface area contributed by atoms with Gasteiger partial charge in [-0.05, 0) is 24.1 Å². The summed E-state index contributed by atoms with van der Waals surface area (Å²) in [6.07, 6.45) is 0.724. The molecule has 0 fully saturated rings. The highest BCUT2D eigenvalue weighted by Gasteiger charge is 2.26. The second-order valence-corrected chi connectivity index (χ2v) is 3.58. The van der Waals surface area contributed by atoms with Gasteiger partial charge in [-0.2, -0.15) is 0 Å². The highest BCUT2D eigenvalue weighted by molar-refractivity contribution is 5.82. The quantitative estimate of drug-likeness (QED) is 0.684. The van der Waals surface area contributed by atoms with E-state index in [0.29, 0.717) is 0 Å². The van der Waals surface area contributed by atoms with Crippen LogP contribution in [0.15, 0.2) is 18.2 Å². The lowest BCUT2D eigenvalue weighted by Gasteiger charge is -2.07. The number of esters is 1. The molecule has 1 aliphatic heterocycles. The molecular weight excluding hydrogens is 178 g/mol. The zero-order valence-electron chi connectivity index (χ0n) is 8.33. The number of benzene rings is 1. The Hall–Kier alpha value is -1.51. The number of ether oxygens (including phenoxy) is 1. The molecule has 0 aromatic heterocycles. The molecule has 1 N–H and O–H groups in total. The Balaban J connectivity index is 2.22. The zero-order valence-corrected chi connectivity index (χ0v) is 8.33. The predicted octanol–water partition coefficient (Wildman–Crippen LogP) is 1.50. The van der Waals surface area contributed by atoms with Crippen LogP contribution in [0.5, 0.6) is 0 Å². The van der Waals surface area contributed by atoms with Gasteiger partial charge in [-0.3, -0.25) is 0 Å². The number of hydrogen-bond acceptors (Lipinski definition) is 3. The lowest BCUT2D eigenvalue weighted by molar-refractivity contribution is -0.141. The summed E-state index contributed by atoms with van der Waals surface area (Å²) in [5.41, 5.74) is 3.44. The SMILES string of the molecule is COC(=O)C1Cc2ccc(C)cc2N1. The van der Waals surface area contributed by atoms with Gasteiger partial charge in [0.05, 0.1) is 7.11 Å². The number of carbonyl (C=O) groups is 1. The smallest absolute Gasteiger partial charge is 0.328 e. The number of carbonyl (C=O) groups excluding carboxylic acids is 1. The van der Waals surface area contributed by atoms with E-state index in [4.69, 9.17) is 4.74 Å². The lowest BCUT2D eigenvalue weighted by Crippen LogP contribution is -2.27. The Bertz CT molecular complexity index is 374. The van der Waals surface area contributed by atoms with Crippen LogP contribution in [0, 0.1) is 6.92 Å². The first kappa shape index (κ1) is 9.06. The Labute approximate surface area is 83.1 Å². The summed E-state index contributed by atoms with van der Waals surface area (Å²) < 4.78 is 4.69. The lowest BCUT2D eigenvalue weighted by atomic mass is 10.1. The monoisotopic (exact) mass is 191 g/mol. The topological polar surface area (TPSA) is 38.3 Å². The van der Waals surface area contributed by atoms with Crippen molar-refractivity contribution in [2.45, 2.75) is 19.4 Å². The van der Waals surface area contributed by atoms with E-state index >= 15 is 0 Å². The molecule has 0 saturated carbocycles. The number of aryl methyl sites for hydroxylation is 1. The van der Waals surface area contributed by atoms with Crippen molar-refractivity contribution in [3.8, 4) is 0 Å². The second-order valence-electron chi connectivity index (χ2n) is 3.58. The summed E-state index contributed by atoms with van der Waals surface area (Å²) in [4.78, 5) is 11.3. The van der Waals surface area contributed by atoms with E-state index in [1.165, 1.54) is 18.2 Å². The third kappa shape index (κ3) is 1.45. The van der Waals surface area contributed by atoms with Gasteiger partial charge in [0, 0.05) is 12.1 Å². The van der Waals surface area contributed by atoms with Gasteiger partial charge in [-0.1, -0.05) is 12.1 Å². The summed E-state index contributed by atoms with van der Waals surface area (Å²) in [6.45, 7) is 2.04. The average Bonchev–Trinajstić information content (AvgIpc) is 2.59. The predicted molar refractivity (Wildman–Crippen MR) is 54.3 cm³/mol. The molecule has 1 aromatic carbocycles. The van der Waals surface area contributed by atoms with Crippen molar-refractivity contribution in [3.63, 3.8) is 0 Å². The molecule has 0 radical (unpaired) electrons. The van der Waals surface area contributed by atoms with Crippen LogP contribution in [0.25, 0.3) is 0 Å². The number of anilines is 1. The van der Waals surface area contributed by atoms with Crippen LogP contribution in [0.2, 0.25) is 0 Å². The van der Waals surface area contributed by atoms with E-state index in [0.717, 1.165) is 12.1 Å². The summed E-state index contributed by atoms with van der Waals surface area (Å²) in [5, 5.41) is 3.15. The van der Waals surface area contributed by atoms with Crippen LogP contribution in [0.3, 0.4) is 0 Å². The number of rotatable bonds is 1. The molecule has 0 spiro atoms. The van der Waals surface area contributed by atoms with Gasteiger partial charge < -0.3 is 10.1 Å². The van der Waals surface area contributed by atoms with E-state index in [2.05, 4.69) is 23.5 Å². The van der Waals surface area contributed by atoms with E-state index in [1.54, 1.807) is 0 Å². The van der Waals surface area contributed by atoms with Crippen LogP contribution < -0.4 is 5.32 Å². The highest BCUT2D eigenvalue weighted by Crippen LogP contribution is 2.26. The average molecular weight is 191 g/mol. The van der Waals surface area contributed by atoms with E-state index in [9.17, 15) is 4.79 Å². The van der Waals surface area contributed by atoms with Gasteiger partial charge in [0.2, 0.25) is 0 Å². The third-order valence-electron chi connectivity index (χ3n) is 2.50. The standard InChI is InChI=1S/C11H13NO2/c1-7-3-4-8-6-10(11(13)14-2)12-9(8)5-7/h3-5,10,12H,6H2,1-2H3. The van der Waals surface area contributed by atoms with Gasteiger partial charge in [-0.25, -0.2) is 4.79 Å². The van der Waals surface area contributed by atoms with Gasteiger partial charge in [0.25, 0.3) is 0 Å². The molecular formula is C11H13NO2. The van der Waals surface area contributed by atoms with E-state index in [-0.39, 0.29) is 12.0 Å². The molecule has 14 heavy (non-hydrogen) atoms. The summed E-state index contributed by atoms with van der Waals surface area (Å²) >= 11 is 0. The summed E-state index contributed by atoms with van der Waals surface area (Å²) in [6, 6.07) is 5.95. The molecule has 0 aliphatic carbocycles. The Kier molecular flexibility index (Phi) is 2.15. The number of fused-ring (bicyclic) bond motifs is 1. The van der Waals surface area contributed by atoms with Crippen molar-refractivity contribution in [3.05, 3.63) is 29.3 Å². The Morgan fingerprint density at radius 2 is 2.36 bits per heavy atom. The maximum atomic E-state index is 11.3. The van der Waals surface area contributed by atoms with E-state index < -0.39 is 0 Å². The van der Waals surface area contributed by atoms with Crippen LogP contribution in [-0.2, 0) is 16.0 Å². The molecule has 1 atom stereocenters. The van der Waals surface area contributed by atoms with Crippen LogP contribution >= 0.6 is 0 Å². The molecule has 1 unspecified atom stereocenters. The zero-order chi connectivity index (χ0) is 10.1. The minimum Gasteiger partial charge on any atom is -0.467 e. The van der Waals surface area contributed by atoms with Crippen molar-refractivity contribution in [2.24, 2.45) is 0 Å². The molecule has 74 valence electrons. The van der Waals surface area contributed by atoms with Crippen LogP contribution in [-0.4, -0.2) is 19.1 Å². The van der Waals surface area contributed by atoms with Gasteiger partial charge >= 0.3 is 5.97 Å². The molecule has 3 heteroatoms. The Morgan fingerprint density at radius 3 is 3.07 bits per heavy atom. The fourth-order valence-corrected chi connectivity index (χ4v) is 1.75. The van der Waals surface area contributed by atoms with Crippen molar-refractivity contribution in [2.75, 3.05) is 12.4 Å². The molecule has 2 rings (SSSR count). The second kappa shape index (κ2) is 3.33. The maximum absolute atomic E-state index is 11.3. The minimum absolute atomic E-state index is 0.196. The number of methoxy groups -OCH3 is 1. The minimum atomic E-state index is -0.211. The fourth-order valence-electron chi connectivity index (χ4n) is 1.75. The first-order valence-electron chi connectivity index (χ1n) is 4.64. The normalized spacial score (nSPS) is 18.6. The number of nitrogens with one attached hydrogen (secondary N) is 1. The number of hydrogen-bond donors (Lipinski definition) is 1. The largest absolute Gasteiger partial charge is 0.467 e. The van der Waals surface area contributed by atoms with Crippen LogP contribution in [0.1, 0.15) is 11.1 Å². The van der Waals surface area contributed by atoms with Gasteiger partial charge in [-0.15, -0.1) is 0 Å². The Morgan fingerprint density at radius 1 is 1.57 bits per heavy atom. The maximum Gasteiger partial charge on any atom is 0.328 e. The first-order valence-corrected chi connectivity index (χ1v) is 4.64. The summed E-state index contributed by atoms with van der Waals surface area (Å²) in [5.74, 6) is -0.196. The highest BCUT2D eigenvalue weighted by atomic mass is 16.5. The molecule has 0 bridgehead atoms. The molecule has 1 heterocycles. The van der Waals surface area contributed by atoms with Crippen molar-refractivity contribution in [1.82, 2.24) is 0 Å². The van der Waals surface area contributed by atoms with Crippen molar-refractivity contribution < 1.29 is 9.53 Å². The molecule has 1 aliphatic rings. The van der Waals surface area contributed by atoms with Crippen molar-refractivity contribution in [1.29, 1.82) is 0 Å². The van der Waals surface area contributed by atoms with Gasteiger partial charge in [0.15, 0.2) is 0 Å². The van der Waals surface area contributed by atoms with E-state index in [1.807, 2.05) is 6.92 Å². The van der Waals surface area contributed by atoms with Crippen molar-refractivity contribution >= 4 is 11.7 Å².